The van der Waals surface area contributed by atoms with Gasteiger partial charge in [-0.3, -0.25) is 0 Å². The molecule has 0 amide bonds. The van der Waals surface area contributed by atoms with Gasteiger partial charge in [-0.05, 0) is 55.9 Å². The second-order valence-corrected chi connectivity index (χ2v) is 5.58. The van der Waals surface area contributed by atoms with Gasteiger partial charge in [0.25, 0.3) is 0 Å². The number of hydrogen-bond donors (Lipinski definition) is 1. The molecule has 1 fully saturated rings. The fraction of sp³-hybridized carbons (Fsp3) is 0.625. The zero-order valence-corrected chi connectivity index (χ0v) is 11.4. The number of nitrogens with one attached hydrogen (secondary N) is 1. The molecule has 1 aromatic carbocycles. The van der Waals surface area contributed by atoms with E-state index < -0.39 is 0 Å². The lowest BCUT2D eigenvalue weighted by Crippen LogP contribution is -2.27. The highest BCUT2D eigenvalue weighted by Gasteiger charge is 2.20. The van der Waals surface area contributed by atoms with E-state index in [1.54, 1.807) is 0 Å². The third-order valence-corrected chi connectivity index (χ3v) is 4.24. The summed E-state index contributed by atoms with van der Waals surface area (Å²) in [6.07, 6.45) is 6.85. The molecular weight excluding hydrogens is 206 g/mol. The van der Waals surface area contributed by atoms with E-state index in [1.807, 2.05) is 0 Å². The van der Waals surface area contributed by atoms with Gasteiger partial charge in [0.15, 0.2) is 0 Å². The summed E-state index contributed by atoms with van der Waals surface area (Å²) in [5, 5.41) is 3.71. The van der Waals surface area contributed by atoms with Crippen LogP contribution in [0.25, 0.3) is 0 Å². The van der Waals surface area contributed by atoms with Gasteiger partial charge in [-0.2, -0.15) is 0 Å². The fourth-order valence-electron chi connectivity index (χ4n) is 2.86. The molecule has 0 aromatic heterocycles. The third-order valence-electron chi connectivity index (χ3n) is 4.24. The van der Waals surface area contributed by atoms with E-state index in [2.05, 4.69) is 44.3 Å². The first-order valence-corrected chi connectivity index (χ1v) is 7.03. The number of hydrogen-bond acceptors (Lipinski definition) is 1. The summed E-state index contributed by atoms with van der Waals surface area (Å²) in [6, 6.07) is 7.41. The maximum absolute atomic E-state index is 3.71. The molecule has 2 rings (SSSR count). The fourth-order valence-corrected chi connectivity index (χ4v) is 2.86. The average Bonchev–Trinajstić information content (AvgIpc) is 2.34. The summed E-state index contributed by atoms with van der Waals surface area (Å²) < 4.78 is 0. The quantitative estimate of drug-likeness (QED) is 0.796. The van der Waals surface area contributed by atoms with Crippen LogP contribution < -0.4 is 5.32 Å². The topological polar surface area (TPSA) is 12.0 Å². The van der Waals surface area contributed by atoms with Gasteiger partial charge in [0.2, 0.25) is 0 Å². The molecule has 0 bridgehead atoms. The van der Waals surface area contributed by atoms with Crippen LogP contribution >= 0.6 is 0 Å². The molecule has 0 saturated heterocycles. The molecule has 1 saturated carbocycles. The molecule has 0 aliphatic heterocycles. The Balaban J connectivity index is 1.97. The van der Waals surface area contributed by atoms with E-state index >= 15 is 0 Å². The van der Waals surface area contributed by atoms with Crippen molar-refractivity contribution in [3.8, 4) is 0 Å². The summed E-state index contributed by atoms with van der Waals surface area (Å²) in [6.45, 7) is 6.69. The lowest BCUT2D eigenvalue weighted by molar-refractivity contribution is 0.327. The first-order valence-electron chi connectivity index (χ1n) is 7.03. The Kier molecular flexibility index (Phi) is 4.09. The standard InChI is InChI=1S/C16H25N/c1-4-14-6-5-7-15(11-14)17-16-9-8-12(2)13(3)10-16/h8-10,14-15,17H,4-7,11H2,1-3H3. The van der Waals surface area contributed by atoms with E-state index in [0.29, 0.717) is 6.04 Å². The molecule has 1 aromatic rings. The van der Waals surface area contributed by atoms with Crippen LogP contribution in [0.5, 0.6) is 0 Å². The minimum atomic E-state index is 0.691. The van der Waals surface area contributed by atoms with Crippen LogP contribution in [0.2, 0.25) is 0 Å². The van der Waals surface area contributed by atoms with Gasteiger partial charge in [-0.25, -0.2) is 0 Å². The van der Waals surface area contributed by atoms with Gasteiger partial charge in [-0.15, -0.1) is 0 Å². The summed E-state index contributed by atoms with van der Waals surface area (Å²) in [7, 11) is 0. The van der Waals surface area contributed by atoms with Crippen molar-refractivity contribution in [3.63, 3.8) is 0 Å². The van der Waals surface area contributed by atoms with Crippen LogP contribution in [-0.4, -0.2) is 6.04 Å². The molecule has 17 heavy (non-hydrogen) atoms. The third kappa shape index (κ3) is 3.24. The van der Waals surface area contributed by atoms with Crippen LogP contribution in [0.15, 0.2) is 18.2 Å². The van der Waals surface area contributed by atoms with Crippen molar-refractivity contribution in [2.24, 2.45) is 5.92 Å². The van der Waals surface area contributed by atoms with Crippen LogP contribution in [0.3, 0.4) is 0 Å². The highest BCUT2D eigenvalue weighted by atomic mass is 14.9. The first kappa shape index (κ1) is 12.5. The second-order valence-electron chi connectivity index (χ2n) is 5.58. The Morgan fingerprint density at radius 2 is 2.00 bits per heavy atom. The number of aryl methyl sites for hydroxylation is 2. The van der Waals surface area contributed by atoms with E-state index in [1.165, 1.54) is 48.9 Å². The van der Waals surface area contributed by atoms with Crippen molar-refractivity contribution in [1.29, 1.82) is 0 Å². The summed E-state index contributed by atoms with van der Waals surface area (Å²) in [5.74, 6) is 0.938. The minimum Gasteiger partial charge on any atom is -0.382 e. The van der Waals surface area contributed by atoms with Crippen molar-refractivity contribution < 1.29 is 0 Å². The predicted octanol–water partition coefficient (Wildman–Crippen LogP) is 4.68. The maximum Gasteiger partial charge on any atom is 0.0345 e. The van der Waals surface area contributed by atoms with Gasteiger partial charge in [0.1, 0.15) is 0 Å². The second kappa shape index (κ2) is 5.57. The molecule has 1 aliphatic rings. The van der Waals surface area contributed by atoms with Crippen LogP contribution in [0.1, 0.15) is 50.2 Å². The molecule has 1 heteroatoms. The van der Waals surface area contributed by atoms with Crippen molar-refractivity contribution in [3.05, 3.63) is 29.3 Å². The molecule has 1 nitrogen and oxygen atoms in total. The highest BCUT2D eigenvalue weighted by Crippen LogP contribution is 2.29. The van der Waals surface area contributed by atoms with Gasteiger partial charge < -0.3 is 5.32 Å². The summed E-state index contributed by atoms with van der Waals surface area (Å²) in [4.78, 5) is 0. The smallest absolute Gasteiger partial charge is 0.0345 e. The van der Waals surface area contributed by atoms with Gasteiger partial charge in [0.05, 0.1) is 0 Å². The first-order chi connectivity index (χ1) is 8.19. The molecular formula is C16H25N. The predicted molar refractivity (Wildman–Crippen MR) is 75.6 cm³/mol. The Morgan fingerprint density at radius 3 is 2.71 bits per heavy atom. The summed E-state index contributed by atoms with van der Waals surface area (Å²) >= 11 is 0. The van der Waals surface area contributed by atoms with Crippen molar-refractivity contribution >= 4 is 5.69 Å². The summed E-state index contributed by atoms with van der Waals surface area (Å²) in [5.41, 5.74) is 4.07. The average molecular weight is 231 g/mol. The minimum absolute atomic E-state index is 0.691. The van der Waals surface area contributed by atoms with Gasteiger partial charge in [0, 0.05) is 11.7 Å². The van der Waals surface area contributed by atoms with Crippen molar-refractivity contribution in [2.45, 2.75) is 58.9 Å². The normalized spacial score (nSPS) is 24.6. The van der Waals surface area contributed by atoms with E-state index in [0.717, 1.165) is 5.92 Å². The van der Waals surface area contributed by atoms with Crippen LogP contribution in [0, 0.1) is 19.8 Å². The lowest BCUT2D eigenvalue weighted by atomic mass is 9.84. The highest BCUT2D eigenvalue weighted by molar-refractivity contribution is 5.48. The zero-order chi connectivity index (χ0) is 12.3. The molecule has 2 atom stereocenters. The molecule has 0 spiro atoms. The van der Waals surface area contributed by atoms with E-state index in [-0.39, 0.29) is 0 Å². The van der Waals surface area contributed by atoms with Crippen LogP contribution in [-0.2, 0) is 0 Å². The van der Waals surface area contributed by atoms with E-state index in [9.17, 15) is 0 Å². The number of benzene rings is 1. The Labute approximate surface area is 106 Å². The van der Waals surface area contributed by atoms with Crippen molar-refractivity contribution in [2.75, 3.05) is 5.32 Å². The molecule has 1 aliphatic carbocycles. The Morgan fingerprint density at radius 1 is 1.18 bits per heavy atom. The Bertz CT molecular complexity index is 370. The maximum atomic E-state index is 3.71. The lowest BCUT2D eigenvalue weighted by Gasteiger charge is -2.30. The molecule has 94 valence electrons. The van der Waals surface area contributed by atoms with E-state index in [4.69, 9.17) is 0 Å². The number of anilines is 1. The van der Waals surface area contributed by atoms with Crippen LogP contribution in [0.4, 0.5) is 5.69 Å². The number of rotatable bonds is 3. The monoisotopic (exact) mass is 231 g/mol. The largest absolute Gasteiger partial charge is 0.382 e. The zero-order valence-electron chi connectivity index (χ0n) is 11.4. The van der Waals surface area contributed by atoms with Gasteiger partial charge in [-0.1, -0.05) is 32.3 Å². The molecule has 1 N–H and O–H groups in total. The SMILES string of the molecule is CCC1CCCC(Nc2ccc(C)c(C)c2)C1. The van der Waals surface area contributed by atoms with Gasteiger partial charge >= 0.3 is 0 Å². The molecule has 0 heterocycles. The molecule has 0 radical (unpaired) electrons. The molecule has 2 unspecified atom stereocenters. The Hall–Kier alpha value is -0.980. The van der Waals surface area contributed by atoms with Crippen molar-refractivity contribution in [1.82, 2.24) is 0 Å².